The number of nitrogens with one attached hydrogen (secondary N) is 1. The Morgan fingerprint density at radius 1 is 1.41 bits per heavy atom. The van der Waals surface area contributed by atoms with Crippen LogP contribution in [0, 0.1) is 0 Å². The summed E-state index contributed by atoms with van der Waals surface area (Å²) in [6, 6.07) is 3.75. The van der Waals surface area contributed by atoms with Crippen molar-refractivity contribution in [1.82, 2.24) is 0 Å². The lowest BCUT2D eigenvalue weighted by molar-refractivity contribution is -0.136. The van der Waals surface area contributed by atoms with E-state index < -0.39 is 17.8 Å². The van der Waals surface area contributed by atoms with Crippen molar-refractivity contribution in [3.63, 3.8) is 0 Å². The zero-order valence-electron chi connectivity index (χ0n) is 9.18. The van der Waals surface area contributed by atoms with E-state index in [0.717, 1.165) is 6.07 Å². The molecule has 0 heterocycles. The van der Waals surface area contributed by atoms with E-state index in [4.69, 9.17) is 5.11 Å². The first-order chi connectivity index (χ1) is 7.80. The van der Waals surface area contributed by atoms with Crippen LogP contribution in [-0.2, 0) is 6.18 Å². The molecule has 0 aromatic heterocycles. The van der Waals surface area contributed by atoms with E-state index in [1.54, 1.807) is 6.92 Å². The van der Waals surface area contributed by atoms with Gasteiger partial charge < -0.3 is 10.4 Å². The van der Waals surface area contributed by atoms with Crippen LogP contribution in [0.4, 0.5) is 18.9 Å². The van der Waals surface area contributed by atoms with Crippen molar-refractivity contribution in [3.05, 3.63) is 28.2 Å². The van der Waals surface area contributed by atoms with Crippen molar-refractivity contribution in [2.24, 2.45) is 0 Å². The first-order valence-corrected chi connectivity index (χ1v) is 5.88. The van der Waals surface area contributed by atoms with E-state index in [-0.39, 0.29) is 12.2 Å². The Hall–Kier alpha value is -0.750. The average molecular weight is 312 g/mol. The number of hydrogen-bond acceptors (Lipinski definition) is 2. The van der Waals surface area contributed by atoms with Crippen LogP contribution < -0.4 is 5.32 Å². The topological polar surface area (TPSA) is 32.3 Å². The van der Waals surface area contributed by atoms with Gasteiger partial charge in [-0.25, -0.2) is 0 Å². The molecule has 96 valence electrons. The molecular weight excluding hydrogens is 299 g/mol. The lowest BCUT2D eigenvalue weighted by Gasteiger charge is -2.15. The maximum Gasteiger partial charge on any atom is 0.418 e. The molecule has 1 rings (SSSR count). The van der Waals surface area contributed by atoms with Crippen LogP contribution in [0.15, 0.2) is 22.7 Å². The largest absolute Gasteiger partial charge is 0.418 e. The molecule has 0 saturated heterocycles. The summed E-state index contributed by atoms with van der Waals surface area (Å²) in [5.41, 5.74) is -0.682. The van der Waals surface area contributed by atoms with Crippen molar-refractivity contribution >= 4 is 21.6 Å². The average Bonchev–Trinajstić information content (AvgIpc) is 2.15. The molecule has 0 saturated carbocycles. The van der Waals surface area contributed by atoms with Crippen molar-refractivity contribution in [1.29, 1.82) is 0 Å². The molecule has 1 aromatic carbocycles. The van der Waals surface area contributed by atoms with E-state index in [1.165, 1.54) is 12.1 Å². The standard InChI is InChI=1S/C11H13BrF3NO/c1-7(17)4-5-16-10-6-8(12)2-3-9(10)11(13,14)15/h2-3,6-7,16-17H,4-5H2,1H3. The number of halogens is 4. The maximum absolute atomic E-state index is 12.7. The van der Waals surface area contributed by atoms with Gasteiger partial charge in [-0.1, -0.05) is 15.9 Å². The first-order valence-electron chi connectivity index (χ1n) is 5.09. The van der Waals surface area contributed by atoms with Gasteiger partial charge >= 0.3 is 6.18 Å². The fourth-order valence-electron chi connectivity index (χ4n) is 1.33. The number of rotatable bonds is 4. The van der Waals surface area contributed by atoms with Crippen LogP contribution in [0.3, 0.4) is 0 Å². The highest BCUT2D eigenvalue weighted by Crippen LogP contribution is 2.36. The van der Waals surface area contributed by atoms with Crippen LogP contribution in [0.5, 0.6) is 0 Å². The minimum atomic E-state index is -4.38. The molecule has 2 N–H and O–H groups in total. The molecule has 17 heavy (non-hydrogen) atoms. The maximum atomic E-state index is 12.7. The van der Waals surface area contributed by atoms with Crippen LogP contribution >= 0.6 is 15.9 Å². The molecule has 0 bridgehead atoms. The lowest BCUT2D eigenvalue weighted by atomic mass is 10.1. The summed E-state index contributed by atoms with van der Waals surface area (Å²) in [5, 5.41) is 11.7. The molecule has 0 aliphatic carbocycles. The molecule has 2 nitrogen and oxygen atoms in total. The first kappa shape index (κ1) is 14.3. The monoisotopic (exact) mass is 311 g/mol. The summed E-state index contributed by atoms with van der Waals surface area (Å²) in [6.07, 6.45) is -4.53. The Morgan fingerprint density at radius 2 is 2.06 bits per heavy atom. The summed E-state index contributed by atoms with van der Waals surface area (Å²) in [5.74, 6) is 0. The summed E-state index contributed by atoms with van der Waals surface area (Å²) >= 11 is 3.13. The number of anilines is 1. The van der Waals surface area contributed by atoms with Gasteiger partial charge in [0, 0.05) is 16.7 Å². The second-order valence-electron chi connectivity index (χ2n) is 3.75. The Bertz CT molecular complexity index is 379. The van der Waals surface area contributed by atoms with Gasteiger partial charge in [0.2, 0.25) is 0 Å². The summed E-state index contributed by atoms with van der Waals surface area (Å²) < 4.78 is 38.6. The molecule has 1 aromatic rings. The Balaban J connectivity index is 2.84. The van der Waals surface area contributed by atoms with Gasteiger partial charge in [-0.3, -0.25) is 0 Å². The fourth-order valence-corrected chi connectivity index (χ4v) is 1.69. The molecule has 0 amide bonds. The number of hydrogen-bond donors (Lipinski definition) is 2. The fraction of sp³-hybridized carbons (Fsp3) is 0.455. The van der Waals surface area contributed by atoms with Crippen LogP contribution in [-0.4, -0.2) is 17.8 Å². The van der Waals surface area contributed by atoms with E-state index in [9.17, 15) is 13.2 Å². The van der Waals surface area contributed by atoms with Crippen LogP contribution in [0.1, 0.15) is 18.9 Å². The molecule has 6 heteroatoms. The molecular formula is C11H13BrF3NO. The third-order valence-electron chi connectivity index (χ3n) is 2.16. The molecule has 0 aliphatic heterocycles. The Morgan fingerprint density at radius 3 is 2.59 bits per heavy atom. The Kier molecular flexibility index (Phi) is 4.82. The van der Waals surface area contributed by atoms with Gasteiger partial charge in [0.1, 0.15) is 0 Å². The number of alkyl halides is 3. The molecule has 0 radical (unpaired) electrons. The second-order valence-corrected chi connectivity index (χ2v) is 4.67. The van der Waals surface area contributed by atoms with E-state index in [0.29, 0.717) is 10.9 Å². The number of aliphatic hydroxyl groups excluding tert-OH is 1. The van der Waals surface area contributed by atoms with Crippen molar-refractivity contribution in [2.45, 2.75) is 25.6 Å². The van der Waals surface area contributed by atoms with Crippen LogP contribution in [0.25, 0.3) is 0 Å². The molecule has 1 unspecified atom stereocenters. The lowest BCUT2D eigenvalue weighted by Crippen LogP contribution is -2.14. The Labute approximate surface area is 106 Å². The van der Waals surface area contributed by atoms with Crippen molar-refractivity contribution < 1.29 is 18.3 Å². The third kappa shape index (κ3) is 4.55. The highest BCUT2D eigenvalue weighted by Gasteiger charge is 2.33. The van der Waals surface area contributed by atoms with Gasteiger partial charge in [-0.2, -0.15) is 13.2 Å². The van der Waals surface area contributed by atoms with Gasteiger partial charge in [0.25, 0.3) is 0 Å². The molecule has 0 spiro atoms. The van der Waals surface area contributed by atoms with Gasteiger partial charge in [-0.05, 0) is 31.5 Å². The van der Waals surface area contributed by atoms with Gasteiger partial charge in [0.05, 0.1) is 11.7 Å². The zero-order valence-corrected chi connectivity index (χ0v) is 10.8. The molecule has 0 aliphatic rings. The zero-order chi connectivity index (χ0) is 13.1. The molecule has 0 fully saturated rings. The number of aliphatic hydroxyl groups is 1. The smallest absolute Gasteiger partial charge is 0.393 e. The van der Waals surface area contributed by atoms with Crippen LogP contribution in [0.2, 0.25) is 0 Å². The predicted molar refractivity (Wildman–Crippen MR) is 63.9 cm³/mol. The summed E-state index contributed by atoms with van der Waals surface area (Å²) in [6.45, 7) is 1.88. The minimum absolute atomic E-state index is 0.0209. The van der Waals surface area contributed by atoms with Crippen molar-refractivity contribution in [2.75, 3.05) is 11.9 Å². The second kappa shape index (κ2) is 5.73. The third-order valence-corrected chi connectivity index (χ3v) is 2.66. The highest BCUT2D eigenvalue weighted by atomic mass is 79.9. The van der Waals surface area contributed by atoms with E-state index >= 15 is 0 Å². The summed E-state index contributed by atoms with van der Waals surface area (Å²) in [7, 11) is 0. The predicted octanol–water partition coefficient (Wildman–Crippen LogP) is 3.65. The quantitative estimate of drug-likeness (QED) is 0.889. The van der Waals surface area contributed by atoms with Gasteiger partial charge in [0.15, 0.2) is 0 Å². The molecule has 1 atom stereocenters. The highest BCUT2D eigenvalue weighted by molar-refractivity contribution is 9.10. The minimum Gasteiger partial charge on any atom is -0.393 e. The van der Waals surface area contributed by atoms with Crippen molar-refractivity contribution in [3.8, 4) is 0 Å². The normalized spacial score (nSPS) is 13.5. The van der Waals surface area contributed by atoms with E-state index in [1.807, 2.05) is 0 Å². The summed E-state index contributed by atoms with van der Waals surface area (Å²) in [4.78, 5) is 0. The van der Waals surface area contributed by atoms with Gasteiger partial charge in [-0.15, -0.1) is 0 Å². The number of benzene rings is 1. The SMILES string of the molecule is CC(O)CCNc1cc(Br)ccc1C(F)(F)F. The van der Waals surface area contributed by atoms with E-state index in [2.05, 4.69) is 21.2 Å².